The van der Waals surface area contributed by atoms with Crippen LogP contribution in [0.15, 0.2) is 23.7 Å². The SMILES string of the molecule is COCCOCc1c(-c2nccs2)ccc(C(N)=O)c1OC. The number of hydrogen-bond acceptors (Lipinski definition) is 6. The lowest BCUT2D eigenvalue weighted by atomic mass is 10.0. The molecule has 0 bridgehead atoms. The van der Waals surface area contributed by atoms with Gasteiger partial charge >= 0.3 is 0 Å². The number of thiazole rings is 1. The maximum absolute atomic E-state index is 11.6. The van der Waals surface area contributed by atoms with Crippen molar-refractivity contribution < 1.29 is 19.0 Å². The van der Waals surface area contributed by atoms with Crippen LogP contribution in [-0.4, -0.2) is 38.3 Å². The maximum Gasteiger partial charge on any atom is 0.252 e. The molecule has 0 fully saturated rings. The summed E-state index contributed by atoms with van der Waals surface area (Å²) in [5.74, 6) is -0.113. The predicted octanol–water partition coefficient (Wildman–Crippen LogP) is 2.08. The van der Waals surface area contributed by atoms with Crippen LogP contribution in [0.3, 0.4) is 0 Å². The lowest BCUT2D eigenvalue weighted by Gasteiger charge is -2.15. The van der Waals surface area contributed by atoms with Crippen molar-refractivity contribution in [3.8, 4) is 16.3 Å². The molecule has 0 spiro atoms. The van der Waals surface area contributed by atoms with Crippen LogP contribution in [0.2, 0.25) is 0 Å². The summed E-state index contributed by atoms with van der Waals surface area (Å²) < 4.78 is 16.0. The van der Waals surface area contributed by atoms with E-state index in [9.17, 15) is 4.79 Å². The van der Waals surface area contributed by atoms with Gasteiger partial charge in [-0.25, -0.2) is 4.98 Å². The lowest BCUT2D eigenvalue weighted by Crippen LogP contribution is -2.14. The number of primary amides is 1. The van der Waals surface area contributed by atoms with E-state index in [4.69, 9.17) is 19.9 Å². The Hall–Kier alpha value is -1.96. The first-order valence-corrected chi connectivity index (χ1v) is 7.53. The molecular weight excluding hydrogens is 304 g/mol. The van der Waals surface area contributed by atoms with E-state index in [0.717, 1.165) is 16.1 Å². The molecule has 2 aromatic rings. The molecule has 0 saturated carbocycles. The van der Waals surface area contributed by atoms with E-state index in [-0.39, 0.29) is 6.61 Å². The lowest BCUT2D eigenvalue weighted by molar-refractivity contribution is 0.0609. The summed E-state index contributed by atoms with van der Waals surface area (Å²) in [6.45, 7) is 1.21. The predicted molar refractivity (Wildman–Crippen MR) is 84.2 cm³/mol. The molecule has 1 heterocycles. The fourth-order valence-electron chi connectivity index (χ4n) is 2.07. The molecule has 0 aliphatic carbocycles. The van der Waals surface area contributed by atoms with E-state index < -0.39 is 5.91 Å². The van der Waals surface area contributed by atoms with Gasteiger partial charge in [-0.2, -0.15) is 0 Å². The summed E-state index contributed by atoms with van der Waals surface area (Å²) in [7, 11) is 3.12. The second-order valence-corrected chi connectivity index (χ2v) is 5.31. The first kappa shape index (κ1) is 16.4. The standard InChI is InChI=1S/C15H18N2O4S/c1-19-6-7-21-9-12-10(15-17-5-8-22-15)3-4-11(14(16)18)13(12)20-2/h3-5,8H,6-7,9H2,1-2H3,(H2,16,18). The average Bonchev–Trinajstić information content (AvgIpc) is 3.04. The highest BCUT2D eigenvalue weighted by molar-refractivity contribution is 7.13. The minimum absolute atomic E-state index is 0.280. The van der Waals surface area contributed by atoms with Gasteiger partial charge < -0.3 is 19.9 Å². The number of nitrogens with zero attached hydrogens (tertiary/aromatic N) is 1. The van der Waals surface area contributed by atoms with Gasteiger partial charge in [-0.05, 0) is 6.07 Å². The number of ether oxygens (including phenoxy) is 3. The van der Waals surface area contributed by atoms with Crippen LogP contribution in [-0.2, 0) is 16.1 Å². The number of carbonyl (C=O) groups is 1. The Kier molecular flexibility index (Phi) is 5.88. The van der Waals surface area contributed by atoms with E-state index in [1.807, 2.05) is 11.4 Å². The molecule has 2 N–H and O–H groups in total. The summed E-state index contributed by atoms with van der Waals surface area (Å²) in [6, 6.07) is 3.47. The first-order valence-electron chi connectivity index (χ1n) is 6.65. The maximum atomic E-state index is 11.6. The number of nitrogens with two attached hydrogens (primary N) is 1. The van der Waals surface area contributed by atoms with Crippen molar-refractivity contribution in [2.45, 2.75) is 6.61 Å². The Balaban J connectivity index is 2.42. The third kappa shape index (κ3) is 3.62. The molecule has 0 saturated heterocycles. The van der Waals surface area contributed by atoms with Gasteiger partial charge in [0.1, 0.15) is 10.8 Å². The van der Waals surface area contributed by atoms with E-state index in [2.05, 4.69) is 4.98 Å². The molecule has 118 valence electrons. The van der Waals surface area contributed by atoms with Gasteiger partial charge in [0.25, 0.3) is 5.91 Å². The van der Waals surface area contributed by atoms with Crippen molar-refractivity contribution in [3.05, 3.63) is 34.8 Å². The van der Waals surface area contributed by atoms with Crippen LogP contribution in [0.25, 0.3) is 10.6 Å². The smallest absolute Gasteiger partial charge is 0.252 e. The highest BCUT2D eigenvalue weighted by Gasteiger charge is 2.19. The molecule has 22 heavy (non-hydrogen) atoms. The minimum atomic E-state index is -0.541. The number of benzene rings is 1. The molecule has 0 radical (unpaired) electrons. The van der Waals surface area contributed by atoms with Gasteiger partial charge in [0.15, 0.2) is 0 Å². The van der Waals surface area contributed by atoms with Gasteiger partial charge in [-0.15, -0.1) is 11.3 Å². The summed E-state index contributed by atoms with van der Waals surface area (Å²) in [5, 5.41) is 2.72. The summed E-state index contributed by atoms with van der Waals surface area (Å²) in [6.07, 6.45) is 1.73. The van der Waals surface area contributed by atoms with Crippen molar-refractivity contribution in [1.29, 1.82) is 0 Å². The second-order valence-electron chi connectivity index (χ2n) is 4.42. The van der Waals surface area contributed by atoms with Crippen molar-refractivity contribution in [3.63, 3.8) is 0 Å². The molecule has 0 unspecified atom stereocenters. The zero-order valence-corrected chi connectivity index (χ0v) is 13.3. The quantitative estimate of drug-likeness (QED) is 0.752. The van der Waals surface area contributed by atoms with Crippen LogP contribution in [0.1, 0.15) is 15.9 Å². The van der Waals surface area contributed by atoms with Crippen LogP contribution in [0.4, 0.5) is 0 Å². The third-order valence-corrected chi connectivity index (χ3v) is 3.88. The van der Waals surface area contributed by atoms with Crippen LogP contribution in [0.5, 0.6) is 5.75 Å². The fraction of sp³-hybridized carbons (Fsp3) is 0.333. The Labute approximate surface area is 132 Å². The molecular formula is C15H18N2O4S. The average molecular weight is 322 g/mol. The van der Waals surface area contributed by atoms with Crippen LogP contribution in [0, 0.1) is 0 Å². The molecule has 7 heteroatoms. The topological polar surface area (TPSA) is 83.7 Å². The number of amides is 1. The number of aromatic nitrogens is 1. The van der Waals surface area contributed by atoms with Gasteiger partial charge in [-0.3, -0.25) is 4.79 Å². The summed E-state index contributed by atoms with van der Waals surface area (Å²) in [5.41, 5.74) is 7.36. The van der Waals surface area contributed by atoms with E-state index in [0.29, 0.717) is 24.5 Å². The molecule has 2 rings (SSSR count). The molecule has 6 nitrogen and oxygen atoms in total. The van der Waals surface area contributed by atoms with Crippen LogP contribution >= 0.6 is 11.3 Å². The Morgan fingerprint density at radius 1 is 1.32 bits per heavy atom. The fourth-order valence-corrected chi connectivity index (χ4v) is 2.76. The Bertz CT molecular complexity index is 629. The normalized spacial score (nSPS) is 10.6. The Morgan fingerprint density at radius 2 is 2.14 bits per heavy atom. The van der Waals surface area contributed by atoms with Gasteiger partial charge in [-0.1, -0.05) is 6.07 Å². The zero-order chi connectivity index (χ0) is 15.9. The second kappa shape index (κ2) is 7.88. The molecule has 0 aliphatic rings. The molecule has 1 aromatic heterocycles. The van der Waals surface area contributed by atoms with Crippen molar-refractivity contribution in [1.82, 2.24) is 4.98 Å². The molecule has 0 aliphatic heterocycles. The van der Waals surface area contributed by atoms with E-state index in [1.165, 1.54) is 18.4 Å². The van der Waals surface area contributed by atoms with Crippen molar-refractivity contribution in [2.24, 2.45) is 5.73 Å². The third-order valence-electron chi connectivity index (χ3n) is 3.07. The van der Waals surface area contributed by atoms with Crippen molar-refractivity contribution in [2.75, 3.05) is 27.4 Å². The molecule has 1 amide bonds. The number of carbonyl (C=O) groups excluding carboxylic acids is 1. The number of methoxy groups -OCH3 is 2. The summed E-state index contributed by atoms with van der Waals surface area (Å²) in [4.78, 5) is 15.9. The monoisotopic (exact) mass is 322 g/mol. The van der Waals surface area contributed by atoms with Gasteiger partial charge in [0.05, 0.1) is 32.5 Å². The minimum Gasteiger partial charge on any atom is -0.496 e. The first-order chi connectivity index (χ1) is 10.7. The molecule has 1 aromatic carbocycles. The largest absolute Gasteiger partial charge is 0.496 e. The number of rotatable bonds is 8. The zero-order valence-electron chi connectivity index (χ0n) is 12.5. The van der Waals surface area contributed by atoms with Crippen LogP contribution < -0.4 is 10.5 Å². The van der Waals surface area contributed by atoms with E-state index in [1.54, 1.807) is 19.4 Å². The van der Waals surface area contributed by atoms with E-state index >= 15 is 0 Å². The summed E-state index contributed by atoms with van der Waals surface area (Å²) >= 11 is 1.50. The molecule has 0 atom stereocenters. The Morgan fingerprint density at radius 3 is 2.73 bits per heavy atom. The highest BCUT2D eigenvalue weighted by atomic mass is 32.1. The van der Waals surface area contributed by atoms with Gasteiger partial charge in [0.2, 0.25) is 0 Å². The highest BCUT2D eigenvalue weighted by Crippen LogP contribution is 2.35. The number of hydrogen-bond donors (Lipinski definition) is 1. The van der Waals surface area contributed by atoms with Gasteiger partial charge in [0, 0.05) is 29.8 Å². The van der Waals surface area contributed by atoms with Crippen molar-refractivity contribution >= 4 is 17.2 Å².